The summed E-state index contributed by atoms with van der Waals surface area (Å²) in [7, 11) is 0. The van der Waals surface area contributed by atoms with Crippen molar-refractivity contribution in [2.75, 3.05) is 19.6 Å². The Morgan fingerprint density at radius 3 is 2.07 bits per heavy atom. The molecule has 1 N–H and O–H groups in total. The van der Waals surface area contributed by atoms with Crippen LogP contribution in [0.25, 0.3) is 0 Å². The van der Waals surface area contributed by atoms with E-state index in [1.807, 2.05) is 0 Å². The van der Waals surface area contributed by atoms with Crippen LogP contribution in [0.3, 0.4) is 0 Å². The maximum Gasteiger partial charge on any atom is 0.00965 e. The van der Waals surface area contributed by atoms with Crippen LogP contribution in [0.5, 0.6) is 0 Å². The van der Waals surface area contributed by atoms with Crippen molar-refractivity contribution < 1.29 is 0 Å². The summed E-state index contributed by atoms with van der Waals surface area (Å²) in [5.41, 5.74) is 0.262. The Morgan fingerprint density at radius 1 is 1.13 bits per heavy atom. The second kappa shape index (κ2) is 7.24. The minimum Gasteiger partial charge on any atom is -0.312 e. The normalized spacial score (nSPS) is 14.6. The van der Waals surface area contributed by atoms with Gasteiger partial charge in [-0.05, 0) is 60.2 Å². The van der Waals surface area contributed by atoms with Crippen LogP contribution in [0, 0.1) is 0 Å². The van der Waals surface area contributed by atoms with Gasteiger partial charge in [-0.25, -0.2) is 0 Å². The van der Waals surface area contributed by atoms with Gasteiger partial charge < -0.3 is 10.2 Å². The van der Waals surface area contributed by atoms with E-state index < -0.39 is 0 Å². The predicted molar refractivity (Wildman–Crippen MR) is 69.4 cm³/mol. The molecule has 0 aliphatic carbocycles. The maximum absolute atomic E-state index is 3.53. The Labute approximate surface area is 96.4 Å². The Kier molecular flexibility index (Phi) is 7.20. The molecule has 0 saturated heterocycles. The smallest absolute Gasteiger partial charge is 0.00965 e. The summed E-state index contributed by atoms with van der Waals surface area (Å²) in [5, 5.41) is 3.53. The summed E-state index contributed by atoms with van der Waals surface area (Å²) >= 11 is 0. The second-order valence-electron chi connectivity index (χ2n) is 5.39. The Balaban J connectivity index is 3.58. The van der Waals surface area contributed by atoms with E-state index in [0.717, 1.165) is 12.6 Å². The first-order valence-electron chi connectivity index (χ1n) is 6.39. The van der Waals surface area contributed by atoms with Crippen LogP contribution in [0.1, 0.15) is 54.4 Å². The molecule has 2 nitrogen and oxygen atoms in total. The molecule has 0 aliphatic rings. The van der Waals surface area contributed by atoms with E-state index >= 15 is 0 Å². The lowest BCUT2D eigenvalue weighted by atomic mass is 10.1. The summed E-state index contributed by atoms with van der Waals surface area (Å²) in [5.74, 6) is 0. The first-order valence-corrected chi connectivity index (χ1v) is 6.39. The highest BCUT2D eigenvalue weighted by Gasteiger charge is 2.11. The van der Waals surface area contributed by atoms with E-state index in [1.165, 1.54) is 25.9 Å². The van der Waals surface area contributed by atoms with E-state index in [-0.39, 0.29) is 5.54 Å². The summed E-state index contributed by atoms with van der Waals surface area (Å²) in [4.78, 5) is 2.52. The van der Waals surface area contributed by atoms with E-state index in [0.29, 0.717) is 0 Å². The molecule has 1 unspecified atom stereocenters. The number of rotatable bonds is 7. The fourth-order valence-corrected chi connectivity index (χ4v) is 1.89. The standard InChI is InChI=1S/C13H30N2/c1-7-15(8-2)12(3)10-9-11-14-13(4,5)6/h12,14H,7-11H2,1-6H3. The largest absolute Gasteiger partial charge is 0.312 e. The van der Waals surface area contributed by atoms with Crippen LogP contribution in [-0.2, 0) is 0 Å². The van der Waals surface area contributed by atoms with Gasteiger partial charge in [-0.3, -0.25) is 0 Å². The average Bonchev–Trinajstić information content (AvgIpc) is 2.13. The highest BCUT2D eigenvalue weighted by molar-refractivity contribution is 4.71. The van der Waals surface area contributed by atoms with E-state index in [2.05, 4.69) is 51.8 Å². The van der Waals surface area contributed by atoms with Crippen molar-refractivity contribution in [1.82, 2.24) is 10.2 Å². The van der Waals surface area contributed by atoms with Crippen molar-refractivity contribution in [1.29, 1.82) is 0 Å². The van der Waals surface area contributed by atoms with Crippen molar-refractivity contribution in [3.63, 3.8) is 0 Å². The zero-order valence-corrected chi connectivity index (χ0v) is 11.6. The van der Waals surface area contributed by atoms with Crippen molar-refractivity contribution >= 4 is 0 Å². The monoisotopic (exact) mass is 214 g/mol. The molecule has 0 aromatic carbocycles. The van der Waals surface area contributed by atoms with Gasteiger partial charge in [0.25, 0.3) is 0 Å². The lowest BCUT2D eigenvalue weighted by Crippen LogP contribution is -2.37. The van der Waals surface area contributed by atoms with Crippen LogP contribution in [0.15, 0.2) is 0 Å². The SMILES string of the molecule is CCN(CC)C(C)CCCNC(C)(C)C. The van der Waals surface area contributed by atoms with Crippen LogP contribution in [0.2, 0.25) is 0 Å². The average molecular weight is 214 g/mol. The van der Waals surface area contributed by atoms with Gasteiger partial charge in [-0.2, -0.15) is 0 Å². The third-order valence-electron chi connectivity index (χ3n) is 2.89. The first-order chi connectivity index (χ1) is 6.90. The van der Waals surface area contributed by atoms with Crippen LogP contribution < -0.4 is 5.32 Å². The van der Waals surface area contributed by atoms with Crippen LogP contribution in [0.4, 0.5) is 0 Å². The molecule has 0 rings (SSSR count). The van der Waals surface area contributed by atoms with Crippen LogP contribution in [-0.4, -0.2) is 36.1 Å². The van der Waals surface area contributed by atoms with E-state index in [9.17, 15) is 0 Å². The van der Waals surface area contributed by atoms with Crippen molar-refractivity contribution in [3.05, 3.63) is 0 Å². The third-order valence-corrected chi connectivity index (χ3v) is 2.89. The molecule has 92 valence electrons. The topological polar surface area (TPSA) is 15.3 Å². The van der Waals surface area contributed by atoms with Gasteiger partial charge in [-0.15, -0.1) is 0 Å². The molecule has 0 radical (unpaired) electrons. The van der Waals surface area contributed by atoms with Crippen molar-refractivity contribution in [2.24, 2.45) is 0 Å². The molecular weight excluding hydrogens is 184 g/mol. The number of hydrogen-bond donors (Lipinski definition) is 1. The lowest BCUT2D eigenvalue weighted by Gasteiger charge is -2.27. The molecule has 15 heavy (non-hydrogen) atoms. The number of hydrogen-bond acceptors (Lipinski definition) is 2. The zero-order chi connectivity index (χ0) is 11.9. The Hall–Kier alpha value is -0.0800. The minimum absolute atomic E-state index is 0.262. The van der Waals surface area contributed by atoms with Crippen LogP contribution >= 0.6 is 0 Å². The molecule has 0 aromatic rings. The predicted octanol–water partition coefficient (Wildman–Crippen LogP) is 2.89. The number of nitrogens with one attached hydrogen (secondary N) is 1. The molecule has 0 heterocycles. The Bertz CT molecular complexity index is 145. The zero-order valence-electron chi connectivity index (χ0n) is 11.6. The molecule has 2 heteroatoms. The lowest BCUT2D eigenvalue weighted by molar-refractivity contribution is 0.216. The molecule has 0 aromatic heterocycles. The van der Waals surface area contributed by atoms with Gasteiger partial charge in [0.15, 0.2) is 0 Å². The summed E-state index contributed by atoms with van der Waals surface area (Å²) in [6, 6.07) is 0.724. The van der Waals surface area contributed by atoms with Gasteiger partial charge in [0.2, 0.25) is 0 Å². The fourth-order valence-electron chi connectivity index (χ4n) is 1.89. The van der Waals surface area contributed by atoms with E-state index in [4.69, 9.17) is 0 Å². The van der Waals surface area contributed by atoms with Gasteiger partial charge in [0.05, 0.1) is 0 Å². The Morgan fingerprint density at radius 2 is 1.67 bits per heavy atom. The van der Waals surface area contributed by atoms with Gasteiger partial charge in [-0.1, -0.05) is 13.8 Å². The van der Waals surface area contributed by atoms with Crippen molar-refractivity contribution in [2.45, 2.75) is 66.0 Å². The minimum atomic E-state index is 0.262. The quantitative estimate of drug-likeness (QED) is 0.656. The molecule has 1 atom stereocenters. The first kappa shape index (κ1) is 14.9. The van der Waals surface area contributed by atoms with E-state index in [1.54, 1.807) is 0 Å². The molecular formula is C13H30N2. The highest BCUT2D eigenvalue weighted by atomic mass is 15.1. The van der Waals surface area contributed by atoms with Gasteiger partial charge in [0.1, 0.15) is 0 Å². The fraction of sp³-hybridized carbons (Fsp3) is 1.00. The molecule has 0 bridgehead atoms. The molecule has 0 amide bonds. The maximum atomic E-state index is 3.53. The molecule has 0 spiro atoms. The highest BCUT2D eigenvalue weighted by Crippen LogP contribution is 2.06. The summed E-state index contributed by atoms with van der Waals surface area (Å²) < 4.78 is 0. The number of nitrogens with zero attached hydrogens (tertiary/aromatic N) is 1. The molecule has 0 saturated carbocycles. The van der Waals surface area contributed by atoms with Gasteiger partial charge >= 0.3 is 0 Å². The summed E-state index contributed by atoms with van der Waals surface area (Å²) in [6.45, 7) is 17.0. The summed E-state index contributed by atoms with van der Waals surface area (Å²) in [6.07, 6.45) is 2.57. The third kappa shape index (κ3) is 7.80. The molecule has 0 fully saturated rings. The van der Waals surface area contributed by atoms with Gasteiger partial charge in [0, 0.05) is 11.6 Å². The second-order valence-corrected chi connectivity index (χ2v) is 5.39. The molecule has 0 aliphatic heterocycles. The van der Waals surface area contributed by atoms with Crippen molar-refractivity contribution in [3.8, 4) is 0 Å².